The van der Waals surface area contributed by atoms with E-state index in [0.717, 1.165) is 0 Å². The van der Waals surface area contributed by atoms with E-state index in [2.05, 4.69) is 15.2 Å². The lowest BCUT2D eigenvalue weighted by molar-refractivity contribution is -0.142. The van der Waals surface area contributed by atoms with E-state index in [1.54, 1.807) is 37.1 Å². The number of fused-ring (bicyclic) bond motifs is 1. The van der Waals surface area contributed by atoms with Gasteiger partial charge in [-0.25, -0.2) is 19.0 Å². The van der Waals surface area contributed by atoms with Gasteiger partial charge in [-0.3, -0.25) is 14.7 Å². The second-order valence-corrected chi connectivity index (χ2v) is 12.3. The van der Waals surface area contributed by atoms with Gasteiger partial charge in [0.15, 0.2) is 10.8 Å². The van der Waals surface area contributed by atoms with Crippen LogP contribution in [0, 0.1) is 18.7 Å². The van der Waals surface area contributed by atoms with Gasteiger partial charge in [0, 0.05) is 56.5 Å². The molecule has 3 aliphatic rings. The summed E-state index contributed by atoms with van der Waals surface area (Å²) in [7, 11) is 0. The van der Waals surface area contributed by atoms with Crippen LogP contribution in [0.1, 0.15) is 49.4 Å². The SMILES string of the molecule is CCOC(=O)C1=C(CN2CCN3C(=O)N(CC(CC)C(=O)O)CC3(C)C2)NC(c2nccs2)=NC1c1cccc(F)c1C. The Hall–Kier alpha value is -3.84. The van der Waals surface area contributed by atoms with Gasteiger partial charge >= 0.3 is 18.0 Å². The molecular formula is C30H37FN6O5S. The Kier molecular flexibility index (Phi) is 8.84. The van der Waals surface area contributed by atoms with Crippen LogP contribution in [-0.4, -0.2) is 100 Å². The molecule has 2 N–H and O–H groups in total. The Balaban J connectivity index is 1.47. The predicted octanol–water partition coefficient (Wildman–Crippen LogP) is 3.42. The number of piperazine rings is 1. The fraction of sp³-hybridized carbons (Fsp3) is 0.500. The second kappa shape index (κ2) is 12.4. The third kappa shape index (κ3) is 6.00. The smallest absolute Gasteiger partial charge is 0.338 e. The van der Waals surface area contributed by atoms with Crippen molar-refractivity contribution >= 4 is 35.1 Å². The third-order valence-corrected chi connectivity index (χ3v) is 9.19. The van der Waals surface area contributed by atoms with Crippen LogP contribution in [0.15, 0.2) is 46.0 Å². The highest BCUT2D eigenvalue weighted by molar-refractivity contribution is 7.11. The second-order valence-electron chi connectivity index (χ2n) is 11.4. The molecule has 2 amide bonds. The Morgan fingerprint density at radius 2 is 2.07 bits per heavy atom. The number of carbonyl (C=O) groups is 3. The molecule has 0 bridgehead atoms. The summed E-state index contributed by atoms with van der Waals surface area (Å²) in [6.07, 6.45) is 2.11. The highest BCUT2D eigenvalue weighted by Gasteiger charge is 2.50. The molecule has 0 saturated carbocycles. The monoisotopic (exact) mass is 612 g/mol. The van der Waals surface area contributed by atoms with Gasteiger partial charge in [-0.05, 0) is 44.4 Å². The largest absolute Gasteiger partial charge is 0.481 e. The lowest BCUT2D eigenvalue weighted by Crippen LogP contribution is -2.60. The minimum atomic E-state index is -0.908. The Labute approximate surface area is 254 Å². The molecule has 2 fully saturated rings. The van der Waals surface area contributed by atoms with E-state index in [1.165, 1.54) is 17.4 Å². The number of urea groups is 1. The number of nitrogens with zero attached hydrogens (tertiary/aromatic N) is 5. The van der Waals surface area contributed by atoms with Crippen molar-refractivity contribution in [2.24, 2.45) is 10.9 Å². The van der Waals surface area contributed by atoms with E-state index in [1.807, 2.05) is 24.1 Å². The first kappa shape index (κ1) is 30.6. The van der Waals surface area contributed by atoms with Crippen LogP contribution in [0.3, 0.4) is 0 Å². The highest BCUT2D eigenvalue weighted by atomic mass is 32.1. The number of aliphatic imine (C=N–C) groups is 1. The molecule has 3 atom stereocenters. The van der Waals surface area contributed by atoms with Gasteiger partial charge in [0.1, 0.15) is 11.9 Å². The quantitative estimate of drug-likeness (QED) is 0.391. The third-order valence-electron chi connectivity index (χ3n) is 8.41. The molecule has 1 aromatic heterocycles. The van der Waals surface area contributed by atoms with Gasteiger partial charge in [-0.2, -0.15) is 0 Å². The summed E-state index contributed by atoms with van der Waals surface area (Å²) in [6.45, 7) is 9.79. The van der Waals surface area contributed by atoms with Gasteiger partial charge in [0.25, 0.3) is 0 Å². The minimum Gasteiger partial charge on any atom is -0.481 e. The van der Waals surface area contributed by atoms with E-state index in [-0.39, 0.29) is 25.0 Å². The van der Waals surface area contributed by atoms with Crippen molar-refractivity contribution in [1.29, 1.82) is 0 Å². The number of halogens is 1. The topological polar surface area (TPSA) is 128 Å². The zero-order valence-corrected chi connectivity index (χ0v) is 25.6. The van der Waals surface area contributed by atoms with Gasteiger partial charge in [0.2, 0.25) is 0 Å². The summed E-state index contributed by atoms with van der Waals surface area (Å²) in [4.78, 5) is 53.4. The van der Waals surface area contributed by atoms with E-state index >= 15 is 0 Å². The Morgan fingerprint density at radius 3 is 2.74 bits per heavy atom. The number of nitrogens with one attached hydrogen (secondary N) is 1. The molecule has 2 aromatic rings. The zero-order chi connectivity index (χ0) is 30.9. The lowest BCUT2D eigenvalue weighted by atomic mass is 9.91. The lowest BCUT2D eigenvalue weighted by Gasteiger charge is -2.44. The summed E-state index contributed by atoms with van der Waals surface area (Å²) >= 11 is 1.40. The Bertz CT molecular complexity index is 1460. The molecule has 4 heterocycles. The highest BCUT2D eigenvalue weighted by Crippen LogP contribution is 2.37. The van der Waals surface area contributed by atoms with Gasteiger partial charge < -0.3 is 25.0 Å². The van der Waals surface area contributed by atoms with Crippen LogP contribution in [0.5, 0.6) is 0 Å². The maximum absolute atomic E-state index is 14.7. The maximum atomic E-state index is 14.7. The molecule has 2 saturated heterocycles. The average molecular weight is 613 g/mol. The molecule has 43 heavy (non-hydrogen) atoms. The Morgan fingerprint density at radius 1 is 1.28 bits per heavy atom. The summed E-state index contributed by atoms with van der Waals surface area (Å²) < 4.78 is 20.2. The number of carbonyl (C=O) groups excluding carboxylic acids is 2. The summed E-state index contributed by atoms with van der Waals surface area (Å²) in [5, 5.41) is 15.4. The van der Waals surface area contributed by atoms with Gasteiger partial charge in [-0.1, -0.05) is 19.1 Å². The number of carboxylic acids is 1. The molecule has 3 aliphatic heterocycles. The molecule has 0 aliphatic carbocycles. The summed E-state index contributed by atoms with van der Waals surface area (Å²) in [5.41, 5.74) is 1.31. The molecule has 0 radical (unpaired) electrons. The number of ether oxygens (including phenoxy) is 1. The standard InChI is InChI=1S/C30H37FN6O5S/c1-5-19(27(38)39)14-36-17-30(4)16-35(11-12-37(30)29(36)41)15-22-23(28(40)42-6-2)24(20-8-7-9-21(31)18(20)3)34-25(33-22)26-32-10-13-43-26/h7-10,13,19,24H,5-6,11-12,14-17H2,1-4H3,(H,33,34)(H,38,39). The number of hydrogen-bond donors (Lipinski definition) is 2. The van der Waals surface area contributed by atoms with Crippen molar-refractivity contribution in [3.8, 4) is 0 Å². The number of amidine groups is 1. The molecule has 3 unspecified atom stereocenters. The normalized spacial score (nSPS) is 23.1. The molecule has 230 valence electrons. The van der Waals surface area contributed by atoms with Crippen LogP contribution in [0.2, 0.25) is 0 Å². The summed E-state index contributed by atoms with van der Waals surface area (Å²) in [6, 6.07) is 3.80. The first-order chi connectivity index (χ1) is 20.6. The number of amides is 2. The number of carboxylic acid groups (broad SMARTS) is 1. The number of rotatable bonds is 10. The average Bonchev–Trinajstić information content (AvgIpc) is 3.59. The maximum Gasteiger partial charge on any atom is 0.338 e. The van der Waals surface area contributed by atoms with Crippen LogP contribution in [0.25, 0.3) is 0 Å². The minimum absolute atomic E-state index is 0.149. The van der Waals surface area contributed by atoms with Crippen molar-refractivity contribution in [3.63, 3.8) is 0 Å². The van der Waals surface area contributed by atoms with Crippen LogP contribution in [-0.2, 0) is 14.3 Å². The van der Waals surface area contributed by atoms with Crippen LogP contribution < -0.4 is 5.32 Å². The van der Waals surface area contributed by atoms with Gasteiger partial charge in [-0.15, -0.1) is 11.3 Å². The van der Waals surface area contributed by atoms with Crippen molar-refractivity contribution in [3.05, 3.63) is 63.0 Å². The van der Waals surface area contributed by atoms with Crippen molar-refractivity contribution in [1.82, 2.24) is 25.0 Å². The van der Waals surface area contributed by atoms with E-state index < -0.39 is 29.4 Å². The van der Waals surface area contributed by atoms with Crippen molar-refractivity contribution in [2.75, 3.05) is 45.9 Å². The van der Waals surface area contributed by atoms with Crippen LogP contribution in [0.4, 0.5) is 9.18 Å². The molecule has 13 heteroatoms. The van der Waals surface area contributed by atoms with Crippen molar-refractivity contribution < 1.29 is 28.6 Å². The predicted molar refractivity (Wildman–Crippen MR) is 159 cm³/mol. The number of esters is 1. The molecule has 11 nitrogen and oxygen atoms in total. The van der Waals surface area contributed by atoms with Crippen LogP contribution >= 0.6 is 11.3 Å². The van der Waals surface area contributed by atoms with Gasteiger partial charge in [0.05, 0.1) is 23.6 Å². The first-order valence-corrected chi connectivity index (χ1v) is 15.4. The molecule has 1 aromatic carbocycles. The number of hydrogen-bond acceptors (Lipinski definition) is 9. The first-order valence-electron chi connectivity index (χ1n) is 14.5. The van der Waals surface area contributed by atoms with E-state index in [0.29, 0.717) is 72.4 Å². The fourth-order valence-corrected chi connectivity index (χ4v) is 6.77. The molecule has 0 spiro atoms. The number of thiazole rings is 1. The molecule has 5 rings (SSSR count). The molecular weight excluding hydrogens is 575 g/mol. The number of aromatic nitrogens is 1. The number of benzene rings is 1. The zero-order valence-electron chi connectivity index (χ0n) is 24.8. The fourth-order valence-electron chi connectivity index (χ4n) is 6.18. The van der Waals surface area contributed by atoms with Crippen molar-refractivity contribution in [2.45, 2.75) is 45.7 Å². The summed E-state index contributed by atoms with van der Waals surface area (Å²) in [5.74, 6) is -1.97. The van der Waals surface area contributed by atoms with E-state index in [4.69, 9.17) is 9.73 Å². The van der Waals surface area contributed by atoms with E-state index in [9.17, 15) is 23.9 Å². The number of aliphatic carboxylic acids is 1.